The number of rotatable bonds is 4. The molecule has 1 atom stereocenters. The zero-order valence-electron chi connectivity index (χ0n) is 10.7. The van der Waals surface area contributed by atoms with Crippen LogP contribution >= 0.6 is 0 Å². The Morgan fingerprint density at radius 3 is 2.85 bits per heavy atom. The lowest BCUT2D eigenvalue weighted by molar-refractivity contribution is -0.385. The molecule has 0 spiro atoms. The molecule has 2 N–H and O–H groups in total. The van der Waals surface area contributed by atoms with E-state index in [-0.39, 0.29) is 36.2 Å². The highest BCUT2D eigenvalue weighted by molar-refractivity contribution is 5.97. The number of nitrogens with zero attached hydrogens (tertiary/aromatic N) is 1. The number of nitrogens with one attached hydrogen (secondary N) is 2. The number of ether oxygens (including phenoxy) is 1. The zero-order valence-corrected chi connectivity index (χ0v) is 10.7. The highest BCUT2D eigenvalue weighted by Gasteiger charge is 2.28. The van der Waals surface area contributed by atoms with Gasteiger partial charge in [-0.25, -0.2) is 0 Å². The highest BCUT2D eigenvalue weighted by Crippen LogP contribution is 2.29. The minimum Gasteiger partial charge on any atom is -0.490 e. The Labute approximate surface area is 114 Å². The maximum atomic E-state index is 11.9. The van der Waals surface area contributed by atoms with Gasteiger partial charge in [0, 0.05) is 24.7 Å². The number of methoxy groups -OCH3 is 1. The largest absolute Gasteiger partial charge is 0.490 e. The fraction of sp³-hybridized carbons (Fsp3) is 0.333. The average Bonchev–Trinajstić information content (AvgIpc) is 2.85. The molecule has 8 heteroatoms. The van der Waals surface area contributed by atoms with E-state index < -0.39 is 10.8 Å². The summed E-state index contributed by atoms with van der Waals surface area (Å²) in [6, 6.07) is 4.14. The van der Waals surface area contributed by atoms with E-state index in [9.17, 15) is 19.7 Å². The Morgan fingerprint density at radius 1 is 1.55 bits per heavy atom. The average molecular weight is 279 g/mol. The number of nitro benzene ring substituents is 1. The van der Waals surface area contributed by atoms with Gasteiger partial charge in [0.2, 0.25) is 11.8 Å². The van der Waals surface area contributed by atoms with Crippen LogP contribution in [-0.4, -0.2) is 30.4 Å². The predicted octanol–water partition coefficient (Wildman–Crippen LogP) is 0.678. The maximum absolute atomic E-state index is 11.9. The third-order valence-corrected chi connectivity index (χ3v) is 2.99. The molecule has 1 aliphatic heterocycles. The molecule has 1 unspecified atom stereocenters. The summed E-state index contributed by atoms with van der Waals surface area (Å²) < 4.78 is 4.87. The minimum absolute atomic E-state index is 0.116. The first-order valence-corrected chi connectivity index (χ1v) is 5.91. The minimum atomic E-state index is -0.588. The number of carbonyl (C=O) groups excluding carboxylic acids is 2. The van der Waals surface area contributed by atoms with Gasteiger partial charge in [-0.3, -0.25) is 19.7 Å². The second-order valence-electron chi connectivity index (χ2n) is 4.34. The molecule has 2 rings (SSSR count). The van der Waals surface area contributed by atoms with E-state index in [2.05, 4.69) is 10.6 Å². The van der Waals surface area contributed by atoms with Gasteiger partial charge in [0.05, 0.1) is 18.0 Å². The quantitative estimate of drug-likeness (QED) is 0.622. The maximum Gasteiger partial charge on any atom is 0.312 e. The summed E-state index contributed by atoms with van der Waals surface area (Å²) in [7, 11) is 1.33. The number of benzene rings is 1. The van der Waals surface area contributed by atoms with Gasteiger partial charge in [-0.2, -0.15) is 0 Å². The van der Waals surface area contributed by atoms with Crippen molar-refractivity contribution in [2.45, 2.75) is 6.42 Å². The normalized spacial score (nSPS) is 17.4. The van der Waals surface area contributed by atoms with Gasteiger partial charge < -0.3 is 15.4 Å². The Hall–Kier alpha value is -2.64. The van der Waals surface area contributed by atoms with E-state index in [0.717, 1.165) is 0 Å². The molecule has 0 radical (unpaired) electrons. The summed E-state index contributed by atoms with van der Waals surface area (Å²) in [5.74, 6) is -0.858. The first-order chi connectivity index (χ1) is 9.51. The molecule has 0 saturated carbocycles. The van der Waals surface area contributed by atoms with E-state index in [1.165, 1.54) is 25.3 Å². The van der Waals surface area contributed by atoms with Crippen molar-refractivity contribution >= 4 is 23.2 Å². The van der Waals surface area contributed by atoms with Gasteiger partial charge in [0.1, 0.15) is 0 Å². The van der Waals surface area contributed by atoms with Crippen molar-refractivity contribution in [3.05, 3.63) is 28.3 Å². The molecule has 1 heterocycles. The molecule has 1 aliphatic rings. The second-order valence-corrected chi connectivity index (χ2v) is 4.34. The Bertz CT molecular complexity index is 572. The first kappa shape index (κ1) is 13.8. The van der Waals surface area contributed by atoms with Crippen LogP contribution < -0.4 is 15.4 Å². The summed E-state index contributed by atoms with van der Waals surface area (Å²) in [5, 5.41) is 16.0. The molecular weight excluding hydrogens is 266 g/mol. The molecule has 20 heavy (non-hydrogen) atoms. The van der Waals surface area contributed by atoms with E-state index in [0.29, 0.717) is 5.69 Å². The van der Waals surface area contributed by atoms with Crippen molar-refractivity contribution in [1.29, 1.82) is 0 Å². The second kappa shape index (κ2) is 5.55. The third kappa shape index (κ3) is 2.85. The number of hydrogen-bond acceptors (Lipinski definition) is 5. The number of anilines is 1. The lowest BCUT2D eigenvalue weighted by Gasteiger charge is -2.10. The van der Waals surface area contributed by atoms with E-state index >= 15 is 0 Å². The van der Waals surface area contributed by atoms with Crippen molar-refractivity contribution in [1.82, 2.24) is 5.32 Å². The smallest absolute Gasteiger partial charge is 0.312 e. The molecule has 1 aromatic carbocycles. The van der Waals surface area contributed by atoms with Crippen LogP contribution in [0.25, 0.3) is 0 Å². The molecule has 0 aliphatic carbocycles. The lowest BCUT2D eigenvalue weighted by Crippen LogP contribution is -2.24. The summed E-state index contributed by atoms with van der Waals surface area (Å²) in [6.07, 6.45) is 0.129. The van der Waals surface area contributed by atoms with E-state index in [4.69, 9.17) is 4.74 Å². The van der Waals surface area contributed by atoms with Crippen LogP contribution in [-0.2, 0) is 9.59 Å². The standard InChI is InChI=1S/C12H13N3O5/c1-20-10-3-2-8(5-9(10)15(18)19)14-12(17)7-4-11(16)13-6-7/h2-3,5,7H,4,6H2,1H3,(H,13,16)(H,14,17). The Kier molecular flexibility index (Phi) is 3.83. The van der Waals surface area contributed by atoms with Gasteiger partial charge in [0.25, 0.3) is 0 Å². The van der Waals surface area contributed by atoms with Crippen molar-refractivity contribution < 1.29 is 19.2 Å². The van der Waals surface area contributed by atoms with Crippen LogP contribution in [0.4, 0.5) is 11.4 Å². The van der Waals surface area contributed by atoms with Gasteiger partial charge in [-0.05, 0) is 12.1 Å². The molecule has 106 valence electrons. The summed E-state index contributed by atoms with van der Waals surface area (Å²) in [6.45, 7) is 0.281. The Morgan fingerprint density at radius 2 is 2.30 bits per heavy atom. The SMILES string of the molecule is COc1ccc(NC(=O)C2CNC(=O)C2)cc1[N+](=O)[O-]. The van der Waals surface area contributed by atoms with Crippen LogP contribution in [0.1, 0.15) is 6.42 Å². The lowest BCUT2D eigenvalue weighted by atomic mass is 10.1. The Balaban J connectivity index is 2.13. The molecule has 1 aromatic rings. The van der Waals surface area contributed by atoms with Crippen LogP contribution in [0.5, 0.6) is 5.75 Å². The van der Waals surface area contributed by atoms with Crippen LogP contribution in [0.2, 0.25) is 0 Å². The molecular formula is C12H13N3O5. The van der Waals surface area contributed by atoms with Crippen LogP contribution in [0, 0.1) is 16.0 Å². The number of amides is 2. The van der Waals surface area contributed by atoms with Crippen LogP contribution in [0.3, 0.4) is 0 Å². The fourth-order valence-electron chi connectivity index (χ4n) is 1.95. The molecule has 0 aromatic heterocycles. The van der Waals surface area contributed by atoms with Crippen molar-refractivity contribution in [3.8, 4) is 5.75 Å². The molecule has 0 bridgehead atoms. The fourth-order valence-corrected chi connectivity index (χ4v) is 1.95. The molecule has 8 nitrogen and oxygen atoms in total. The summed E-state index contributed by atoms with van der Waals surface area (Å²) >= 11 is 0. The third-order valence-electron chi connectivity index (χ3n) is 2.99. The van der Waals surface area contributed by atoms with Gasteiger partial charge >= 0.3 is 5.69 Å². The van der Waals surface area contributed by atoms with Gasteiger partial charge in [-0.1, -0.05) is 0 Å². The molecule has 2 amide bonds. The van der Waals surface area contributed by atoms with Gasteiger partial charge in [-0.15, -0.1) is 0 Å². The monoisotopic (exact) mass is 279 g/mol. The van der Waals surface area contributed by atoms with Crippen molar-refractivity contribution in [2.24, 2.45) is 5.92 Å². The van der Waals surface area contributed by atoms with Crippen LogP contribution in [0.15, 0.2) is 18.2 Å². The van der Waals surface area contributed by atoms with Crippen molar-refractivity contribution in [2.75, 3.05) is 19.0 Å². The van der Waals surface area contributed by atoms with Gasteiger partial charge in [0.15, 0.2) is 5.75 Å². The predicted molar refractivity (Wildman–Crippen MR) is 69.4 cm³/mol. The van der Waals surface area contributed by atoms with E-state index in [1.54, 1.807) is 0 Å². The van der Waals surface area contributed by atoms with Crippen molar-refractivity contribution in [3.63, 3.8) is 0 Å². The first-order valence-electron chi connectivity index (χ1n) is 5.91. The summed E-state index contributed by atoms with van der Waals surface area (Å²) in [5.41, 5.74) is 0.0628. The molecule has 1 saturated heterocycles. The number of carbonyl (C=O) groups is 2. The summed E-state index contributed by atoms with van der Waals surface area (Å²) in [4.78, 5) is 33.2. The topological polar surface area (TPSA) is 111 Å². The number of nitro groups is 1. The zero-order chi connectivity index (χ0) is 14.7. The van der Waals surface area contributed by atoms with E-state index in [1.807, 2.05) is 0 Å². The molecule has 1 fully saturated rings. The highest BCUT2D eigenvalue weighted by atomic mass is 16.6. The number of hydrogen-bond donors (Lipinski definition) is 2.